The number of rotatable bonds is 1. The highest BCUT2D eigenvalue weighted by Crippen LogP contribution is 2.47. The van der Waals surface area contributed by atoms with Crippen molar-refractivity contribution in [2.45, 2.75) is 31.2 Å². The van der Waals surface area contributed by atoms with Crippen molar-refractivity contribution in [3.05, 3.63) is 51.4 Å². The maximum absolute atomic E-state index is 13.1. The molecule has 2 aromatic rings. The van der Waals surface area contributed by atoms with Gasteiger partial charge in [0, 0.05) is 37.9 Å². The number of hydrogen-bond donors (Lipinski definition) is 2. The maximum Gasteiger partial charge on any atom is 0.255 e. The SMILES string of the molecule is CN1C(=O)C2(CCN(c3nc4c(c(=O)[nH]3)CCNC4)CC2)c2ccccc21. The summed E-state index contributed by atoms with van der Waals surface area (Å²) in [6.45, 7) is 2.85. The smallest absolute Gasteiger partial charge is 0.255 e. The van der Waals surface area contributed by atoms with Crippen LogP contribution >= 0.6 is 0 Å². The number of benzene rings is 1. The van der Waals surface area contributed by atoms with E-state index in [2.05, 4.69) is 21.3 Å². The van der Waals surface area contributed by atoms with Crippen LogP contribution in [0.3, 0.4) is 0 Å². The van der Waals surface area contributed by atoms with Crippen molar-refractivity contribution in [3.63, 3.8) is 0 Å². The summed E-state index contributed by atoms with van der Waals surface area (Å²) in [5.41, 5.74) is 3.32. The highest BCUT2D eigenvalue weighted by molar-refractivity contribution is 6.07. The number of carbonyl (C=O) groups is 1. The van der Waals surface area contributed by atoms with Gasteiger partial charge in [-0.05, 0) is 37.4 Å². The molecule has 4 heterocycles. The van der Waals surface area contributed by atoms with Gasteiger partial charge in [0.15, 0.2) is 0 Å². The fourth-order valence-corrected chi connectivity index (χ4v) is 4.81. The summed E-state index contributed by atoms with van der Waals surface area (Å²) < 4.78 is 0. The molecule has 7 nitrogen and oxygen atoms in total. The molecule has 1 fully saturated rings. The summed E-state index contributed by atoms with van der Waals surface area (Å²) in [6, 6.07) is 8.09. The number of carbonyl (C=O) groups excluding carboxylic acids is 1. The zero-order valence-electron chi connectivity index (χ0n) is 15.4. The van der Waals surface area contributed by atoms with Crippen molar-refractivity contribution < 1.29 is 4.79 Å². The first-order chi connectivity index (χ1) is 13.1. The standard InChI is InChI=1S/C20H23N5O2/c1-24-16-5-3-2-4-14(16)20(18(24)27)7-10-25(11-8-20)19-22-15-12-21-9-6-13(15)17(26)23-19/h2-5,21H,6-12H2,1H3,(H,22,23,26). The second-order valence-electron chi connectivity index (χ2n) is 7.69. The maximum atomic E-state index is 13.1. The Hall–Kier alpha value is -2.67. The largest absolute Gasteiger partial charge is 0.342 e. The second-order valence-corrected chi connectivity index (χ2v) is 7.69. The minimum atomic E-state index is -0.447. The monoisotopic (exact) mass is 365 g/mol. The van der Waals surface area contributed by atoms with Crippen molar-refractivity contribution in [3.8, 4) is 0 Å². The van der Waals surface area contributed by atoms with Crippen molar-refractivity contribution >= 4 is 17.5 Å². The summed E-state index contributed by atoms with van der Waals surface area (Å²) in [7, 11) is 1.86. The van der Waals surface area contributed by atoms with Crippen LogP contribution in [0.4, 0.5) is 11.6 Å². The van der Waals surface area contributed by atoms with E-state index in [1.165, 1.54) is 0 Å². The zero-order valence-corrected chi connectivity index (χ0v) is 15.4. The van der Waals surface area contributed by atoms with Crippen LogP contribution in [0, 0.1) is 0 Å². The van der Waals surface area contributed by atoms with Gasteiger partial charge >= 0.3 is 0 Å². The van der Waals surface area contributed by atoms with E-state index < -0.39 is 5.41 Å². The van der Waals surface area contributed by atoms with E-state index in [0.717, 1.165) is 48.3 Å². The molecule has 1 amide bonds. The molecule has 0 atom stereocenters. The predicted octanol–water partition coefficient (Wildman–Crippen LogP) is 0.930. The van der Waals surface area contributed by atoms with Crippen molar-refractivity contribution in [2.75, 3.05) is 36.5 Å². The van der Waals surface area contributed by atoms with Crippen molar-refractivity contribution in [1.82, 2.24) is 15.3 Å². The topological polar surface area (TPSA) is 81.3 Å². The van der Waals surface area contributed by atoms with Crippen LogP contribution in [-0.2, 0) is 23.2 Å². The molecule has 0 radical (unpaired) electrons. The molecule has 0 aliphatic carbocycles. The average Bonchev–Trinajstić information content (AvgIpc) is 2.91. The van der Waals surface area contributed by atoms with Gasteiger partial charge in [-0.1, -0.05) is 18.2 Å². The summed E-state index contributed by atoms with van der Waals surface area (Å²) >= 11 is 0. The Morgan fingerprint density at radius 2 is 1.93 bits per heavy atom. The number of H-pyrrole nitrogens is 1. The fourth-order valence-electron chi connectivity index (χ4n) is 4.81. The first-order valence-electron chi connectivity index (χ1n) is 9.55. The van der Waals surface area contributed by atoms with Crippen molar-refractivity contribution in [1.29, 1.82) is 0 Å². The number of para-hydroxylation sites is 1. The van der Waals surface area contributed by atoms with E-state index in [-0.39, 0.29) is 11.5 Å². The van der Waals surface area contributed by atoms with Gasteiger partial charge in [0.2, 0.25) is 11.9 Å². The summed E-state index contributed by atoms with van der Waals surface area (Å²) in [6.07, 6.45) is 2.18. The number of likely N-dealkylation sites (N-methyl/N-ethyl adjacent to an activating group) is 1. The van der Waals surface area contributed by atoms with E-state index in [9.17, 15) is 9.59 Å². The molecule has 0 unspecified atom stereocenters. The molecule has 27 heavy (non-hydrogen) atoms. The highest BCUT2D eigenvalue weighted by Gasteiger charge is 2.51. The minimum absolute atomic E-state index is 0.0289. The van der Waals surface area contributed by atoms with Crippen LogP contribution in [0.2, 0.25) is 0 Å². The Balaban J connectivity index is 1.44. The fraction of sp³-hybridized carbons (Fsp3) is 0.450. The van der Waals surface area contributed by atoms with Crippen molar-refractivity contribution in [2.24, 2.45) is 0 Å². The third-order valence-corrected chi connectivity index (χ3v) is 6.34. The lowest BCUT2D eigenvalue weighted by molar-refractivity contribution is -0.123. The zero-order chi connectivity index (χ0) is 18.6. The number of nitrogens with one attached hydrogen (secondary N) is 2. The Bertz CT molecular complexity index is 975. The van der Waals surface area contributed by atoms with Gasteiger partial charge in [-0.3, -0.25) is 14.6 Å². The van der Waals surface area contributed by atoms with Gasteiger partial charge < -0.3 is 15.1 Å². The van der Waals surface area contributed by atoms with Crippen LogP contribution in [-0.4, -0.2) is 42.6 Å². The number of fused-ring (bicyclic) bond motifs is 3. The van der Waals surface area contributed by atoms with E-state index in [4.69, 9.17) is 4.98 Å². The number of aromatic nitrogens is 2. The Morgan fingerprint density at radius 1 is 1.15 bits per heavy atom. The molecule has 3 aliphatic heterocycles. The van der Waals surface area contributed by atoms with Crippen LogP contribution in [0.15, 0.2) is 29.1 Å². The van der Waals surface area contributed by atoms with Crippen LogP contribution in [0.5, 0.6) is 0 Å². The summed E-state index contributed by atoms with van der Waals surface area (Å²) in [5, 5.41) is 3.28. The molecule has 1 spiro atoms. The molecule has 0 saturated carbocycles. The molecule has 5 rings (SSSR count). The predicted molar refractivity (Wildman–Crippen MR) is 103 cm³/mol. The van der Waals surface area contributed by atoms with E-state index in [0.29, 0.717) is 25.6 Å². The highest BCUT2D eigenvalue weighted by atomic mass is 16.2. The molecule has 7 heteroatoms. The quantitative estimate of drug-likeness (QED) is 0.786. The first-order valence-corrected chi connectivity index (χ1v) is 9.55. The van der Waals surface area contributed by atoms with E-state index in [1.54, 1.807) is 4.90 Å². The lowest BCUT2D eigenvalue weighted by Crippen LogP contribution is -2.49. The average molecular weight is 365 g/mol. The molecule has 140 valence electrons. The lowest BCUT2D eigenvalue weighted by Gasteiger charge is -2.38. The molecule has 1 aromatic heterocycles. The van der Waals surface area contributed by atoms with E-state index in [1.807, 2.05) is 25.2 Å². The Morgan fingerprint density at radius 3 is 2.74 bits per heavy atom. The number of aromatic amines is 1. The number of amides is 1. The van der Waals surface area contributed by atoms with E-state index >= 15 is 0 Å². The van der Waals surface area contributed by atoms with Crippen LogP contribution in [0.25, 0.3) is 0 Å². The molecule has 2 N–H and O–H groups in total. The number of anilines is 2. The summed E-state index contributed by atoms with van der Waals surface area (Å²) in [5.74, 6) is 0.809. The molecule has 3 aliphatic rings. The Kier molecular flexibility index (Phi) is 3.62. The Labute approximate surface area is 157 Å². The third-order valence-electron chi connectivity index (χ3n) is 6.34. The van der Waals surface area contributed by atoms with Gasteiger partial charge in [0.25, 0.3) is 5.56 Å². The first kappa shape index (κ1) is 16.5. The lowest BCUT2D eigenvalue weighted by atomic mass is 9.73. The molecular weight excluding hydrogens is 342 g/mol. The van der Waals surface area contributed by atoms with Gasteiger partial charge in [-0.25, -0.2) is 4.98 Å². The van der Waals surface area contributed by atoms with Gasteiger partial charge in [-0.15, -0.1) is 0 Å². The third kappa shape index (κ3) is 2.34. The summed E-state index contributed by atoms with van der Waals surface area (Å²) in [4.78, 5) is 37.0. The number of hydrogen-bond acceptors (Lipinski definition) is 5. The molecular formula is C20H23N5O2. The normalized spacial score (nSPS) is 20.7. The van der Waals surface area contributed by atoms with Gasteiger partial charge in [0.05, 0.1) is 11.1 Å². The number of piperidine rings is 1. The minimum Gasteiger partial charge on any atom is -0.342 e. The van der Waals surface area contributed by atoms with Gasteiger partial charge in [-0.2, -0.15) is 0 Å². The second kappa shape index (κ2) is 5.92. The molecule has 0 bridgehead atoms. The molecule has 1 saturated heterocycles. The number of nitrogens with zero attached hydrogens (tertiary/aromatic N) is 3. The van der Waals surface area contributed by atoms with Crippen LogP contribution in [0.1, 0.15) is 29.7 Å². The molecule has 1 aromatic carbocycles. The van der Waals surface area contributed by atoms with Crippen LogP contribution < -0.4 is 20.7 Å². The van der Waals surface area contributed by atoms with Gasteiger partial charge in [0.1, 0.15) is 0 Å².